The molecule has 11 heteroatoms. The summed E-state index contributed by atoms with van der Waals surface area (Å²) in [4.78, 5) is 28.6. The van der Waals surface area contributed by atoms with Crippen LogP contribution in [0.15, 0.2) is 48.5 Å². The summed E-state index contributed by atoms with van der Waals surface area (Å²) >= 11 is 0. The van der Waals surface area contributed by atoms with Crippen molar-refractivity contribution in [2.45, 2.75) is 50.4 Å². The topological polar surface area (TPSA) is 131 Å². The maximum absolute atomic E-state index is 12.6. The van der Waals surface area contributed by atoms with E-state index in [1.807, 2.05) is 5.48 Å². The van der Waals surface area contributed by atoms with Crippen molar-refractivity contribution >= 4 is 11.9 Å². The number of hydrogen-bond acceptors (Lipinski definition) is 7. The van der Waals surface area contributed by atoms with Gasteiger partial charge in [0.2, 0.25) is 0 Å². The van der Waals surface area contributed by atoms with Crippen LogP contribution in [0.5, 0.6) is 5.75 Å². The Balaban J connectivity index is 1.64. The maximum atomic E-state index is 12.6. The van der Waals surface area contributed by atoms with Gasteiger partial charge in [-0.2, -0.15) is 18.7 Å². The number of halogens is 3. The first kappa shape index (κ1) is 28.1. The largest absolute Gasteiger partial charge is 0.491 e. The fraction of sp³-hybridized carbons (Fsp3) is 0.417. The van der Waals surface area contributed by atoms with Crippen molar-refractivity contribution in [3.05, 3.63) is 65.2 Å². The van der Waals surface area contributed by atoms with Gasteiger partial charge in [0, 0.05) is 6.42 Å². The van der Waals surface area contributed by atoms with E-state index in [1.54, 1.807) is 24.3 Å². The molecule has 0 bridgehead atoms. The predicted molar refractivity (Wildman–Crippen MR) is 120 cm³/mol. The molecule has 2 aromatic rings. The number of alkyl halides is 3. The highest BCUT2D eigenvalue weighted by Gasteiger charge is 2.29. The number of aryl methyl sites for hydroxylation is 1. The smallest absolute Gasteiger partial charge is 0.416 e. The predicted octanol–water partition coefficient (Wildman–Crippen LogP) is 2.29. The Morgan fingerprint density at radius 2 is 1.63 bits per heavy atom. The Hall–Kier alpha value is -3.15. The van der Waals surface area contributed by atoms with Crippen molar-refractivity contribution in [3.63, 3.8) is 0 Å². The number of aliphatic hydroxyl groups excluding tert-OH is 2. The minimum atomic E-state index is -4.37. The van der Waals surface area contributed by atoms with Crippen LogP contribution in [-0.4, -0.2) is 47.4 Å². The van der Waals surface area contributed by atoms with Crippen molar-refractivity contribution in [2.75, 3.05) is 13.2 Å². The van der Waals surface area contributed by atoms with Gasteiger partial charge in [-0.25, -0.2) is 4.79 Å². The Kier molecular flexibility index (Phi) is 11.0. The van der Waals surface area contributed by atoms with Crippen molar-refractivity contribution in [1.82, 2.24) is 5.48 Å². The van der Waals surface area contributed by atoms with E-state index < -0.39 is 42.4 Å². The van der Waals surface area contributed by atoms with Crippen molar-refractivity contribution in [2.24, 2.45) is 5.73 Å². The van der Waals surface area contributed by atoms with Gasteiger partial charge in [0.25, 0.3) is 5.91 Å². The fourth-order valence-corrected chi connectivity index (χ4v) is 3.01. The molecule has 2 atom stereocenters. The van der Waals surface area contributed by atoms with Gasteiger partial charge in [-0.1, -0.05) is 24.3 Å². The molecule has 0 spiro atoms. The highest BCUT2D eigenvalue weighted by Crippen LogP contribution is 2.29. The molecule has 35 heavy (non-hydrogen) atoms. The SMILES string of the molecule is N[C@@H](Cc1ccc(OCC(O)CO)cc1)C(=O)NOC(=O)CCCCc1ccc(C(F)(F)F)cc1. The molecule has 2 rings (SSSR count). The number of nitrogens with two attached hydrogens (primary N) is 1. The van der Waals surface area contributed by atoms with E-state index in [-0.39, 0.29) is 19.4 Å². The lowest BCUT2D eigenvalue weighted by atomic mass is 10.1. The number of carbonyl (C=O) groups excluding carboxylic acids is 2. The fourth-order valence-electron chi connectivity index (χ4n) is 3.01. The molecular formula is C24H29F3N2O6. The van der Waals surface area contributed by atoms with Gasteiger partial charge in [-0.3, -0.25) is 4.79 Å². The minimum absolute atomic E-state index is 0.0304. The second kappa shape index (κ2) is 13.7. The van der Waals surface area contributed by atoms with Crippen molar-refractivity contribution < 1.29 is 42.5 Å². The number of hydrogen-bond donors (Lipinski definition) is 4. The summed E-state index contributed by atoms with van der Waals surface area (Å²) in [5.41, 5.74) is 8.64. The number of nitrogens with one attached hydrogen (secondary N) is 1. The molecule has 1 unspecified atom stereocenters. The van der Waals surface area contributed by atoms with Crippen LogP contribution in [0.2, 0.25) is 0 Å². The second-order valence-electron chi connectivity index (χ2n) is 7.94. The van der Waals surface area contributed by atoms with Gasteiger partial charge in [0.05, 0.1) is 18.2 Å². The summed E-state index contributed by atoms with van der Waals surface area (Å²) in [5.74, 6) is -0.842. The van der Waals surface area contributed by atoms with Crippen LogP contribution < -0.4 is 16.0 Å². The monoisotopic (exact) mass is 498 g/mol. The summed E-state index contributed by atoms with van der Waals surface area (Å²) in [6.45, 7) is -0.465. The molecule has 0 aromatic heterocycles. The number of ether oxygens (including phenoxy) is 1. The van der Waals surface area contributed by atoms with E-state index in [4.69, 9.17) is 20.4 Å². The molecule has 0 saturated heterocycles. The molecule has 0 aliphatic carbocycles. The maximum Gasteiger partial charge on any atom is 0.416 e. The highest BCUT2D eigenvalue weighted by atomic mass is 19.4. The molecule has 0 radical (unpaired) electrons. The van der Waals surface area contributed by atoms with E-state index in [1.165, 1.54) is 12.1 Å². The number of aliphatic hydroxyl groups is 2. The molecule has 0 saturated carbocycles. The van der Waals surface area contributed by atoms with Gasteiger partial charge < -0.3 is 25.5 Å². The molecule has 2 aromatic carbocycles. The molecule has 8 nitrogen and oxygen atoms in total. The Morgan fingerprint density at radius 3 is 2.23 bits per heavy atom. The van der Waals surface area contributed by atoms with Gasteiger partial charge in [0.1, 0.15) is 18.5 Å². The highest BCUT2D eigenvalue weighted by molar-refractivity contribution is 5.82. The van der Waals surface area contributed by atoms with Gasteiger partial charge in [-0.05, 0) is 61.1 Å². The molecule has 0 aliphatic rings. The van der Waals surface area contributed by atoms with Crippen LogP contribution in [0.1, 0.15) is 36.0 Å². The minimum Gasteiger partial charge on any atom is -0.491 e. The first-order valence-corrected chi connectivity index (χ1v) is 11.0. The summed E-state index contributed by atoms with van der Waals surface area (Å²) in [5, 5.41) is 18.0. The lowest BCUT2D eigenvalue weighted by Gasteiger charge is -2.13. The third-order valence-electron chi connectivity index (χ3n) is 5.01. The van der Waals surface area contributed by atoms with Crippen molar-refractivity contribution in [1.29, 1.82) is 0 Å². The number of rotatable bonds is 12. The number of unbranched alkanes of at least 4 members (excludes halogenated alkanes) is 1. The van der Waals surface area contributed by atoms with Crippen LogP contribution in [0.25, 0.3) is 0 Å². The standard InChI is InChI=1S/C24H29F3N2O6/c25-24(26,27)18-9-5-16(6-10-18)3-1-2-4-22(32)35-29-23(33)21(28)13-17-7-11-20(12-8-17)34-15-19(31)14-30/h5-12,19,21,30-31H,1-4,13-15,28H2,(H,29,33)/t19?,21-/m0/s1. The van der Waals surface area contributed by atoms with Crippen LogP contribution in [0.4, 0.5) is 13.2 Å². The molecule has 0 aliphatic heterocycles. The lowest BCUT2D eigenvalue weighted by Crippen LogP contribution is -2.42. The summed E-state index contributed by atoms with van der Waals surface area (Å²) in [6.07, 6.45) is -3.64. The van der Waals surface area contributed by atoms with E-state index in [2.05, 4.69) is 0 Å². The number of hydroxylamine groups is 1. The van der Waals surface area contributed by atoms with Gasteiger partial charge >= 0.3 is 12.1 Å². The Bertz CT molecular complexity index is 936. The summed E-state index contributed by atoms with van der Waals surface area (Å²) < 4.78 is 43.0. The van der Waals surface area contributed by atoms with Crippen molar-refractivity contribution in [3.8, 4) is 5.75 Å². The number of carbonyl (C=O) groups is 2. The molecule has 192 valence electrons. The first-order valence-electron chi connectivity index (χ1n) is 11.0. The zero-order valence-corrected chi connectivity index (χ0v) is 19.0. The van der Waals surface area contributed by atoms with E-state index in [0.29, 0.717) is 25.0 Å². The van der Waals surface area contributed by atoms with Gasteiger partial charge in [0.15, 0.2) is 0 Å². The number of benzene rings is 2. The van der Waals surface area contributed by atoms with Crippen LogP contribution >= 0.6 is 0 Å². The third-order valence-corrected chi connectivity index (χ3v) is 5.01. The van der Waals surface area contributed by atoms with Crippen LogP contribution in [0, 0.1) is 0 Å². The van der Waals surface area contributed by atoms with E-state index in [9.17, 15) is 27.9 Å². The average molecular weight is 498 g/mol. The Labute approximate surface area is 200 Å². The van der Waals surface area contributed by atoms with Crippen LogP contribution in [0.3, 0.4) is 0 Å². The van der Waals surface area contributed by atoms with E-state index >= 15 is 0 Å². The second-order valence-corrected chi connectivity index (χ2v) is 7.94. The summed E-state index contributed by atoms with van der Waals surface area (Å²) in [7, 11) is 0. The van der Waals surface area contributed by atoms with Crippen LogP contribution in [-0.2, 0) is 33.4 Å². The zero-order chi connectivity index (χ0) is 25.8. The zero-order valence-electron chi connectivity index (χ0n) is 19.0. The molecule has 0 heterocycles. The molecular weight excluding hydrogens is 469 g/mol. The average Bonchev–Trinajstić information content (AvgIpc) is 2.84. The number of amides is 1. The molecule has 1 amide bonds. The third kappa shape index (κ3) is 10.3. The van der Waals surface area contributed by atoms with Gasteiger partial charge in [-0.15, -0.1) is 0 Å². The summed E-state index contributed by atoms with van der Waals surface area (Å²) in [6, 6.07) is 10.5. The molecule has 0 fully saturated rings. The quantitative estimate of drug-likeness (QED) is 0.261. The van der Waals surface area contributed by atoms with E-state index in [0.717, 1.165) is 23.3 Å². The lowest BCUT2D eigenvalue weighted by molar-refractivity contribution is -0.158. The first-order chi connectivity index (χ1) is 16.6. The normalized spacial score (nSPS) is 13.1. The Morgan fingerprint density at radius 1 is 1.00 bits per heavy atom. The molecule has 5 N–H and O–H groups in total.